The van der Waals surface area contributed by atoms with Crippen LogP contribution in [0.1, 0.15) is 30.4 Å². The summed E-state index contributed by atoms with van der Waals surface area (Å²) in [5, 5.41) is 12.1. The van der Waals surface area contributed by atoms with Gasteiger partial charge in [-0.25, -0.2) is 0 Å². The molecule has 0 aromatic heterocycles. The summed E-state index contributed by atoms with van der Waals surface area (Å²) in [5.41, 5.74) is 2.21. The SMILES string of the molecule is O=C(C1CN(Cc2ccc(C#CCCO)cc2)CCN1)N1CCCC1. The summed E-state index contributed by atoms with van der Waals surface area (Å²) < 4.78 is 0. The summed E-state index contributed by atoms with van der Waals surface area (Å²) in [6.45, 7) is 5.37. The van der Waals surface area contributed by atoms with Crippen molar-refractivity contribution in [2.45, 2.75) is 31.8 Å². The molecule has 2 N–H and O–H groups in total. The first-order valence-corrected chi connectivity index (χ1v) is 9.19. The lowest BCUT2D eigenvalue weighted by Gasteiger charge is -2.34. The first kappa shape index (κ1) is 17.9. The predicted octanol–water partition coefficient (Wildman–Crippen LogP) is 0.817. The molecule has 1 aromatic rings. The van der Waals surface area contributed by atoms with E-state index in [-0.39, 0.29) is 18.6 Å². The van der Waals surface area contributed by atoms with Crippen molar-refractivity contribution in [1.29, 1.82) is 0 Å². The van der Waals surface area contributed by atoms with Crippen LogP contribution in [-0.2, 0) is 11.3 Å². The molecule has 2 aliphatic heterocycles. The lowest BCUT2D eigenvalue weighted by Crippen LogP contribution is -2.57. The second kappa shape index (κ2) is 9.00. The number of likely N-dealkylation sites (tertiary alicyclic amines) is 1. The van der Waals surface area contributed by atoms with Crippen LogP contribution in [0.4, 0.5) is 0 Å². The summed E-state index contributed by atoms with van der Waals surface area (Å²) in [5.74, 6) is 6.24. The van der Waals surface area contributed by atoms with E-state index in [1.54, 1.807) is 0 Å². The van der Waals surface area contributed by atoms with E-state index < -0.39 is 0 Å². The van der Waals surface area contributed by atoms with Crippen LogP contribution < -0.4 is 5.32 Å². The molecule has 0 aliphatic carbocycles. The Hall–Kier alpha value is -1.87. The molecule has 1 atom stereocenters. The number of carbonyl (C=O) groups excluding carboxylic acids is 1. The van der Waals surface area contributed by atoms with Crippen LogP contribution in [0.15, 0.2) is 24.3 Å². The zero-order chi connectivity index (χ0) is 17.5. The number of aliphatic hydroxyl groups is 1. The summed E-state index contributed by atoms with van der Waals surface area (Å²) >= 11 is 0. The molecule has 0 radical (unpaired) electrons. The molecule has 5 nitrogen and oxygen atoms in total. The maximum absolute atomic E-state index is 12.6. The Morgan fingerprint density at radius 2 is 1.96 bits per heavy atom. The quantitative estimate of drug-likeness (QED) is 0.796. The standard InChI is InChI=1S/C20H27N3O2/c24-14-4-1-5-17-6-8-18(9-7-17)15-22-13-10-21-19(16-22)20(25)23-11-2-3-12-23/h6-9,19,21,24H,2-4,10-16H2. The molecule has 1 amide bonds. The average Bonchev–Trinajstić information content (AvgIpc) is 3.18. The molecule has 2 saturated heterocycles. The highest BCUT2D eigenvalue weighted by Crippen LogP contribution is 2.13. The molecule has 134 valence electrons. The normalized spacial score (nSPS) is 21.0. The molecule has 2 fully saturated rings. The van der Waals surface area contributed by atoms with Crippen molar-refractivity contribution in [1.82, 2.24) is 15.1 Å². The highest BCUT2D eigenvalue weighted by molar-refractivity contribution is 5.82. The van der Waals surface area contributed by atoms with Crippen LogP contribution in [0.2, 0.25) is 0 Å². The predicted molar refractivity (Wildman–Crippen MR) is 97.9 cm³/mol. The van der Waals surface area contributed by atoms with Crippen LogP contribution in [0.5, 0.6) is 0 Å². The van der Waals surface area contributed by atoms with E-state index in [0.717, 1.165) is 57.7 Å². The van der Waals surface area contributed by atoms with Crippen molar-refractivity contribution in [2.24, 2.45) is 0 Å². The van der Waals surface area contributed by atoms with E-state index in [2.05, 4.69) is 34.2 Å². The van der Waals surface area contributed by atoms with Crippen molar-refractivity contribution >= 4 is 5.91 Å². The van der Waals surface area contributed by atoms with Crippen molar-refractivity contribution < 1.29 is 9.90 Å². The first-order chi connectivity index (χ1) is 12.3. The number of piperazine rings is 1. The summed E-state index contributed by atoms with van der Waals surface area (Å²) in [6, 6.07) is 8.17. The molecule has 1 aromatic carbocycles. The van der Waals surface area contributed by atoms with Crippen molar-refractivity contribution in [3.63, 3.8) is 0 Å². The smallest absolute Gasteiger partial charge is 0.241 e. The number of aliphatic hydroxyl groups excluding tert-OH is 1. The van der Waals surface area contributed by atoms with E-state index in [4.69, 9.17) is 5.11 Å². The van der Waals surface area contributed by atoms with Gasteiger partial charge in [-0.2, -0.15) is 0 Å². The lowest BCUT2D eigenvalue weighted by molar-refractivity contribution is -0.133. The third-order valence-corrected chi connectivity index (χ3v) is 4.81. The number of hydrogen-bond donors (Lipinski definition) is 2. The molecular formula is C20H27N3O2. The maximum atomic E-state index is 12.6. The fourth-order valence-corrected chi connectivity index (χ4v) is 3.45. The van der Waals surface area contributed by atoms with E-state index in [1.165, 1.54) is 5.56 Å². The monoisotopic (exact) mass is 341 g/mol. The van der Waals surface area contributed by atoms with E-state index in [0.29, 0.717) is 6.42 Å². The molecule has 25 heavy (non-hydrogen) atoms. The highest BCUT2D eigenvalue weighted by atomic mass is 16.2. The third-order valence-electron chi connectivity index (χ3n) is 4.81. The van der Waals surface area contributed by atoms with Gasteiger partial charge in [0.15, 0.2) is 0 Å². The van der Waals surface area contributed by atoms with Crippen LogP contribution in [0.25, 0.3) is 0 Å². The summed E-state index contributed by atoms with van der Waals surface area (Å²) in [7, 11) is 0. The molecule has 1 unspecified atom stereocenters. The minimum Gasteiger partial charge on any atom is -0.395 e. The molecule has 0 saturated carbocycles. The molecule has 5 heteroatoms. The Bertz CT molecular complexity index is 627. The number of hydrogen-bond acceptors (Lipinski definition) is 4. The van der Waals surface area contributed by atoms with Gasteiger partial charge in [0.1, 0.15) is 0 Å². The van der Waals surface area contributed by atoms with E-state index >= 15 is 0 Å². The van der Waals surface area contributed by atoms with Gasteiger partial charge < -0.3 is 15.3 Å². The fraction of sp³-hybridized carbons (Fsp3) is 0.550. The molecule has 2 heterocycles. The fourth-order valence-electron chi connectivity index (χ4n) is 3.45. The van der Waals surface area contributed by atoms with Crippen LogP contribution in [0, 0.1) is 11.8 Å². The van der Waals surface area contributed by atoms with Gasteiger partial charge in [-0.05, 0) is 30.5 Å². The minimum absolute atomic E-state index is 0.0736. The van der Waals surface area contributed by atoms with Gasteiger partial charge in [0.25, 0.3) is 0 Å². The van der Waals surface area contributed by atoms with E-state index in [9.17, 15) is 4.79 Å². The van der Waals surface area contributed by atoms with Crippen molar-refractivity contribution in [2.75, 3.05) is 39.3 Å². The largest absolute Gasteiger partial charge is 0.395 e. The summed E-state index contributed by atoms with van der Waals surface area (Å²) in [4.78, 5) is 16.9. The Balaban J connectivity index is 1.53. The Morgan fingerprint density at radius 1 is 1.20 bits per heavy atom. The number of rotatable bonds is 4. The minimum atomic E-state index is -0.0736. The van der Waals surface area contributed by atoms with Gasteiger partial charge in [0, 0.05) is 51.3 Å². The van der Waals surface area contributed by atoms with Gasteiger partial charge in [-0.3, -0.25) is 9.69 Å². The van der Waals surface area contributed by atoms with E-state index in [1.807, 2.05) is 17.0 Å². The van der Waals surface area contributed by atoms with Gasteiger partial charge in [-0.15, -0.1) is 0 Å². The van der Waals surface area contributed by atoms with Gasteiger partial charge in [-0.1, -0.05) is 24.0 Å². The Kier molecular flexibility index (Phi) is 6.46. The molecule has 0 spiro atoms. The Morgan fingerprint density at radius 3 is 2.68 bits per heavy atom. The van der Waals surface area contributed by atoms with Gasteiger partial charge in [0.2, 0.25) is 5.91 Å². The highest BCUT2D eigenvalue weighted by Gasteiger charge is 2.30. The summed E-state index contributed by atoms with van der Waals surface area (Å²) in [6.07, 6.45) is 2.78. The lowest BCUT2D eigenvalue weighted by atomic mass is 10.1. The topological polar surface area (TPSA) is 55.8 Å². The van der Waals surface area contributed by atoms with Gasteiger partial charge >= 0.3 is 0 Å². The number of benzene rings is 1. The number of carbonyl (C=O) groups is 1. The number of amides is 1. The molecular weight excluding hydrogens is 314 g/mol. The molecule has 0 bridgehead atoms. The number of nitrogens with zero attached hydrogens (tertiary/aromatic N) is 2. The van der Waals surface area contributed by atoms with Crippen LogP contribution >= 0.6 is 0 Å². The third kappa shape index (κ3) is 5.05. The van der Waals surface area contributed by atoms with Gasteiger partial charge in [0.05, 0.1) is 12.6 Å². The average molecular weight is 341 g/mol. The molecule has 2 aliphatic rings. The molecule has 3 rings (SSSR count). The van der Waals surface area contributed by atoms with Crippen LogP contribution in [0.3, 0.4) is 0 Å². The number of nitrogens with one attached hydrogen (secondary N) is 1. The second-order valence-corrected chi connectivity index (χ2v) is 6.75. The van der Waals surface area contributed by atoms with Crippen molar-refractivity contribution in [3.8, 4) is 11.8 Å². The zero-order valence-electron chi connectivity index (χ0n) is 14.7. The maximum Gasteiger partial charge on any atom is 0.241 e. The zero-order valence-corrected chi connectivity index (χ0v) is 14.7. The second-order valence-electron chi connectivity index (χ2n) is 6.75. The van der Waals surface area contributed by atoms with Crippen LogP contribution in [-0.4, -0.2) is 66.2 Å². The van der Waals surface area contributed by atoms with Crippen molar-refractivity contribution in [3.05, 3.63) is 35.4 Å². The first-order valence-electron chi connectivity index (χ1n) is 9.19. The Labute approximate surface area is 150 Å².